The maximum Gasteiger partial charge on any atom is 0.233 e. The van der Waals surface area contributed by atoms with Gasteiger partial charge >= 0.3 is 0 Å². The summed E-state index contributed by atoms with van der Waals surface area (Å²) in [5, 5.41) is 8.00. The van der Waals surface area contributed by atoms with Crippen molar-refractivity contribution in [2.45, 2.75) is 6.42 Å². The van der Waals surface area contributed by atoms with Crippen LogP contribution in [0.5, 0.6) is 0 Å². The van der Waals surface area contributed by atoms with Gasteiger partial charge in [0.25, 0.3) is 0 Å². The number of amides is 2. The minimum absolute atomic E-state index is 0.112. The van der Waals surface area contributed by atoms with Gasteiger partial charge in [-0.1, -0.05) is 5.92 Å². The maximum absolute atomic E-state index is 11.2. The molecule has 0 spiro atoms. The van der Waals surface area contributed by atoms with E-state index in [2.05, 4.69) is 21.9 Å². The zero-order valence-electron chi connectivity index (χ0n) is 10.0. The molecule has 0 aliphatic rings. The minimum atomic E-state index is -0.176. The van der Waals surface area contributed by atoms with Gasteiger partial charge in [-0.25, -0.2) is 0 Å². The standard InChI is InChI=1S/C11H19N3O3/c1-3-5-12-9-11(16)13-6-4-10(15)14-7-8-17-2/h1,12H,4-9H2,2H3,(H,13,16)(H,14,15). The highest BCUT2D eigenvalue weighted by Crippen LogP contribution is 1.77. The number of hydrogen-bond acceptors (Lipinski definition) is 4. The Labute approximate surface area is 101 Å². The molecular formula is C11H19N3O3. The third-order valence-corrected chi connectivity index (χ3v) is 1.82. The summed E-state index contributed by atoms with van der Waals surface area (Å²) < 4.78 is 4.78. The predicted molar refractivity (Wildman–Crippen MR) is 64.2 cm³/mol. The lowest BCUT2D eigenvalue weighted by molar-refractivity contribution is -0.122. The molecule has 0 aliphatic carbocycles. The Kier molecular flexibility index (Phi) is 9.91. The van der Waals surface area contributed by atoms with Crippen molar-refractivity contribution >= 4 is 11.8 Å². The van der Waals surface area contributed by atoms with E-state index in [0.717, 1.165) is 0 Å². The molecule has 0 saturated carbocycles. The molecule has 0 saturated heterocycles. The number of terminal acetylenes is 1. The van der Waals surface area contributed by atoms with Crippen LogP contribution in [-0.2, 0) is 14.3 Å². The van der Waals surface area contributed by atoms with Crippen molar-refractivity contribution in [3.8, 4) is 12.3 Å². The smallest absolute Gasteiger partial charge is 0.233 e. The second-order valence-electron chi connectivity index (χ2n) is 3.25. The molecule has 0 aromatic carbocycles. The van der Waals surface area contributed by atoms with Gasteiger partial charge in [-0.05, 0) is 0 Å². The molecule has 0 fully saturated rings. The zero-order chi connectivity index (χ0) is 12.9. The van der Waals surface area contributed by atoms with E-state index in [4.69, 9.17) is 11.2 Å². The highest BCUT2D eigenvalue weighted by molar-refractivity contribution is 5.80. The third-order valence-electron chi connectivity index (χ3n) is 1.82. The van der Waals surface area contributed by atoms with E-state index >= 15 is 0 Å². The van der Waals surface area contributed by atoms with Crippen molar-refractivity contribution < 1.29 is 14.3 Å². The average molecular weight is 241 g/mol. The van der Waals surface area contributed by atoms with Crippen LogP contribution < -0.4 is 16.0 Å². The summed E-state index contributed by atoms with van der Waals surface area (Å²) in [6.07, 6.45) is 5.26. The lowest BCUT2D eigenvalue weighted by Crippen LogP contribution is -2.36. The summed E-state index contributed by atoms with van der Waals surface area (Å²) in [4.78, 5) is 22.4. The van der Waals surface area contributed by atoms with Crippen LogP contribution in [0.25, 0.3) is 0 Å². The largest absolute Gasteiger partial charge is 0.383 e. The van der Waals surface area contributed by atoms with Gasteiger partial charge in [0.1, 0.15) is 0 Å². The summed E-state index contributed by atoms with van der Waals surface area (Å²) in [5.41, 5.74) is 0. The molecule has 0 aliphatic heterocycles. The summed E-state index contributed by atoms with van der Waals surface area (Å²) >= 11 is 0. The fourth-order valence-corrected chi connectivity index (χ4v) is 1.01. The van der Waals surface area contributed by atoms with Gasteiger partial charge in [0.2, 0.25) is 11.8 Å². The van der Waals surface area contributed by atoms with Crippen molar-refractivity contribution in [1.29, 1.82) is 0 Å². The van der Waals surface area contributed by atoms with Gasteiger partial charge in [0, 0.05) is 26.6 Å². The quantitative estimate of drug-likeness (QED) is 0.338. The molecule has 0 bridgehead atoms. The predicted octanol–water partition coefficient (Wildman–Crippen LogP) is -1.52. The third kappa shape index (κ3) is 10.7. The van der Waals surface area contributed by atoms with E-state index in [1.807, 2.05) is 0 Å². The Morgan fingerprint density at radius 1 is 1.24 bits per heavy atom. The molecule has 0 aromatic rings. The molecule has 0 heterocycles. The van der Waals surface area contributed by atoms with Crippen molar-refractivity contribution in [3.63, 3.8) is 0 Å². The van der Waals surface area contributed by atoms with Crippen LogP contribution in [0.15, 0.2) is 0 Å². The monoisotopic (exact) mass is 241 g/mol. The number of methoxy groups -OCH3 is 1. The van der Waals surface area contributed by atoms with Crippen LogP contribution in [0.3, 0.4) is 0 Å². The normalized spacial score (nSPS) is 9.41. The van der Waals surface area contributed by atoms with Gasteiger partial charge in [0.05, 0.1) is 19.7 Å². The van der Waals surface area contributed by atoms with Crippen molar-refractivity contribution in [3.05, 3.63) is 0 Å². The van der Waals surface area contributed by atoms with E-state index in [1.54, 1.807) is 7.11 Å². The number of carbonyl (C=O) groups is 2. The molecule has 6 nitrogen and oxygen atoms in total. The van der Waals surface area contributed by atoms with Crippen LogP contribution in [0, 0.1) is 12.3 Å². The number of nitrogens with one attached hydrogen (secondary N) is 3. The molecule has 6 heteroatoms. The van der Waals surface area contributed by atoms with E-state index in [0.29, 0.717) is 26.2 Å². The van der Waals surface area contributed by atoms with Crippen LogP contribution in [0.2, 0.25) is 0 Å². The summed E-state index contributed by atoms with van der Waals surface area (Å²) in [6.45, 7) is 1.79. The highest BCUT2D eigenvalue weighted by Gasteiger charge is 2.02. The highest BCUT2D eigenvalue weighted by atomic mass is 16.5. The average Bonchev–Trinajstić information content (AvgIpc) is 2.30. The van der Waals surface area contributed by atoms with Crippen LogP contribution in [0.1, 0.15) is 6.42 Å². The Hall–Kier alpha value is -1.58. The van der Waals surface area contributed by atoms with Crippen molar-refractivity contribution in [1.82, 2.24) is 16.0 Å². The van der Waals surface area contributed by atoms with Crippen molar-refractivity contribution in [2.24, 2.45) is 0 Å². The topological polar surface area (TPSA) is 79.5 Å². The van der Waals surface area contributed by atoms with E-state index in [9.17, 15) is 9.59 Å². The molecule has 17 heavy (non-hydrogen) atoms. The minimum Gasteiger partial charge on any atom is -0.383 e. The first-order chi connectivity index (χ1) is 8.20. The van der Waals surface area contributed by atoms with Gasteiger partial charge in [-0.2, -0.15) is 0 Å². The van der Waals surface area contributed by atoms with Crippen LogP contribution in [0.4, 0.5) is 0 Å². The molecule has 0 radical (unpaired) electrons. The van der Waals surface area contributed by atoms with Gasteiger partial charge in [-0.3, -0.25) is 14.9 Å². The second-order valence-corrected chi connectivity index (χ2v) is 3.25. The maximum atomic E-state index is 11.2. The van der Waals surface area contributed by atoms with Gasteiger partial charge in [-0.15, -0.1) is 6.42 Å². The Morgan fingerprint density at radius 3 is 2.59 bits per heavy atom. The van der Waals surface area contributed by atoms with Crippen LogP contribution in [-0.4, -0.2) is 51.7 Å². The number of rotatable bonds is 9. The van der Waals surface area contributed by atoms with Gasteiger partial charge < -0.3 is 15.4 Å². The number of ether oxygens (including phenoxy) is 1. The molecule has 0 rings (SSSR count). The Balaban J connectivity index is 3.40. The van der Waals surface area contributed by atoms with Gasteiger partial charge in [0.15, 0.2) is 0 Å². The Morgan fingerprint density at radius 2 is 1.94 bits per heavy atom. The van der Waals surface area contributed by atoms with E-state index in [1.165, 1.54) is 0 Å². The SMILES string of the molecule is C#CCNCC(=O)NCCC(=O)NCCOC. The molecular weight excluding hydrogens is 222 g/mol. The fraction of sp³-hybridized carbons (Fsp3) is 0.636. The Bertz CT molecular complexity index is 274. The number of carbonyl (C=O) groups excluding carboxylic acids is 2. The molecule has 0 aromatic heterocycles. The molecule has 0 atom stereocenters. The second kappa shape index (κ2) is 10.9. The van der Waals surface area contributed by atoms with E-state index in [-0.39, 0.29) is 24.8 Å². The molecule has 3 N–H and O–H groups in total. The van der Waals surface area contributed by atoms with Crippen LogP contribution >= 0.6 is 0 Å². The summed E-state index contributed by atoms with van der Waals surface area (Å²) in [6, 6.07) is 0. The lowest BCUT2D eigenvalue weighted by Gasteiger charge is -2.06. The molecule has 2 amide bonds. The first kappa shape index (κ1) is 15.4. The zero-order valence-corrected chi connectivity index (χ0v) is 10.0. The first-order valence-electron chi connectivity index (χ1n) is 5.37. The van der Waals surface area contributed by atoms with E-state index < -0.39 is 0 Å². The first-order valence-corrected chi connectivity index (χ1v) is 5.37. The summed E-state index contributed by atoms with van der Waals surface area (Å²) in [5.74, 6) is 2.07. The summed E-state index contributed by atoms with van der Waals surface area (Å²) in [7, 11) is 1.57. The fourth-order valence-electron chi connectivity index (χ4n) is 1.01. The molecule has 96 valence electrons. The molecule has 0 unspecified atom stereocenters. The van der Waals surface area contributed by atoms with Crippen molar-refractivity contribution in [2.75, 3.05) is 39.9 Å². The number of hydrogen-bond donors (Lipinski definition) is 3. The lowest BCUT2D eigenvalue weighted by atomic mass is 10.4.